The van der Waals surface area contributed by atoms with Crippen LogP contribution in [0.3, 0.4) is 0 Å². The third kappa shape index (κ3) is 8.15. The van der Waals surface area contributed by atoms with Crippen molar-refractivity contribution in [1.82, 2.24) is 0 Å². The van der Waals surface area contributed by atoms with Gasteiger partial charge in [0.2, 0.25) is 0 Å². The van der Waals surface area contributed by atoms with Gasteiger partial charge in [0.25, 0.3) is 0 Å². The molecule has 0 unspecified atom stereocenters. The van der Waals surface area contributed by atoms with Crippen molar-refractivity contribution >= 4 is 34.2 Å². The molecule has 0 aliphatic carbocycles. The molecular weight excluding hydrogens is 393 g/mol. The van der Waals surface area contributed by atoms with Crippen LogP contribution >= 0.6 is 23.2 Å². The van der Waals surface area contributed by atoms with Crippen molar-refractivity contribution in [1.29, 1.82) is 0 Å². The fourth-order valence-electron chi connectivity index (χ4n) is 1.90. The van der Waals surface area contributed by atoms with Gasteiger partial charge in [0.15, 0.2) is 11.5 Å². The number of hydrogen-bond acceptors (Lipinski definition) is 6. The van der Waals surface area contributed by atoms with Gasteiger partial charge in [0, 0.05) is 18.0 Å². The molecule has 0 saturated carbocycles. The number of hydrogen-bond donors (Lipinski definition) is 4. The Labute approximate surface area is 165 Å². The van der Waals surface area contributed by atoms with E-state index in [0.717, 1.165) is 5.39 Å². The number of benzene rings is 2. The Balaban J connectivity index is 0.000000227. The number of halogens is 2. The van der Waals surface area contributed by atoms with E-state index in [4.69, 9.17) is 43.6 Å². The van der Waals surface area contributed by atoms with E-state index in [1.165, 1.54) is 24.3 Å². The second kappa shape index (κ2) is 11.3. The van der Waals surface area contributed by atoms with Gasteiger partial charge in [-0.3, -0.25) is 0 Å². The number of nitrogens with two attached hydrogens (primary N) is 1. The largest absolute Gasteiger partial charge is 0.504 e. The number of para-hydroxylation sites is 1. The zero-order valence-corrected chi connectivity index (χ0v) is 15.7. The van der Waals surface area contributed by atoms with E-state index < -0.39 is 6.10 Å². The van der Waals surface area contributed by atoms with E-state index >= 15 is 0 Å². The average Bonchev–Trinajstić information content (AvgIpc) is 2.63. The highest BCUT2D eigenvalue weighted by atomic mass is 35.5. The molecule has 8 heteroatoms. The topological polar surface area (TPSA) is 117 Å². The minimum atomic E-state index is -0.795. The predicted molar refractivity (Wildman–Crippen MR) is 107 cm³/mol. The first-order chi connectivity index (χ1) is 12.7. The van der Waals surface area contributed by atoms with E-state index in [2.05, 4.69) is 6.58 Å². The highest BCUT2D eigenvalue weighted by molar-refractivity contribution is 6.55. The van der Waals surface area contributed by atoms with Crippen LogP contribution < -0.4 is 11.4 Å². The van der Waals surface area contributed by atoms with Gasteiger partial charge in [0.1, 0.15) is 5.58 Å². The van der Waals surface area contributed by atoms with Crippen LogP contribution in [0.1, 0.15) is 11.7 Å². The summed E-state index contributed by atoms with van der Waals surface area (Å²) in [6.07, 6.45) is -0.795. The van der Waals surface area contributed by atoms with Crippen LogP contribution in [-0.4, -0.2) is 21.9 Å². The van der Waals surface area contributed by atoms with Crippen LogP contribution in [0.4, 0.5) is 0 Å². The number of aliphatic hydroxyl groups is 1. The van der Waals surface area contributed by atoms with Crippen LogP contribution in [-0.2, 0) is 0 Å². The molecule has 1 atom stereocenters. The molecule has 3 rings (SSSR count). The number of aromatic hydroxyl groups is 2. The molecule has 5 N–H and O–H groups in total. The lowest BCUT2D eigenvalue weighted by Crippen LogP contribution is -2.11. The third-order valence-corrected chi connectivity index (χ3v) is 3.14. The minimum Gasteiger partial charge on any atom is -0.504 e. The standard InChI is InChI=1S/C9H6O2.C8H11NO3.C2H2Cl2/c10-9-6-5-7-3-1-2-4-8(7)11-9;9-4-8(12)5-1-2-6(10)7(11)3-5;1-2(3)4/h1-6H;1-3,8,10-12H,4,9H2;1H2/t;8-;/m.0./s1. The van der Waals surface area contributed by atoms with E-state index in [1.807, 2.05) is 18.2 Å². The zero-order valence-electron chi connectivity index (χ0n) is 14.2. The summed E-state index contributed by atoms with van der Waals surface area (Å²) in [6, 6.07) is 14.7. The molecule has 27 heavy (non-hydrogen) atoms. The van der Waals surface area contributed by atoms with Crippen LogP contribution in [0.5, 0.6) is 11.5 Å². The Kier molecular flexibility index (Phi) is 9.39. The Morgan fingerprint density at radius 1 is 1.07 bits per heavy atom. The smallest absolute Gasteiger partial charge is 0.336 e. The summed E-state index contributed by atoms with van der Waals surface area (Å²) in [5.41, 5.74) is 6.03. The van der Waals surface area contributed by atoms with Gasteiger partial charge in [-0.2, -0.15) is 0 Å². The van der Waals surface area contributed by atoms with Gasteiger partial charge in [-0.15, -0.1) is 0 Å². The number of fused-ring (bicyclic) bond motifs is 1. The summed E-state index contributed by atoms with van der Waals surface area (Å²) < 4.78 is 5.02. The van der Waals surface area contributed by atoms with E-state index in [1.54, 1.807) is 12.1 Å². The van der Waals surface area contributed by atoms with E-state index in [9.17, 15) is 9.90 Å². The minimum absolute atomic E-state index is 0.0875. The number of aliphatic hydroxyl groups excluding tert-OH is 1. The molecule has 0 radical (unpaired) electrons. The molecule has 0 fully saturated rings. The number of phenols is 2. The maximum atomic E-state index is 10.7. The van der Waals surface area contributed by atoms with Gasteiger partial charge >= 0.3 is 5.63 Å². The van der Waals surface area contributed by atoms with Gasteiger partial charge in [-0.1, -0.05) is 54.0 Å². The Morgan fingerprint density at radius 3 is 2.30 bits per heavy atom. The molecule has 0 spiro atoms. The molecule has 2 aromatic carbocycles. The maximum absolute atomic E-state index is 10.7. The molecule has 3 aromatic rings. The third-order valence-electron chi connectivity index (χ3n) is 3.14. The van der Waals surface area contributed by atoms with E-state index in [0.29, 0.717) is 11.1 Å². The maximum Gasteiger partial charge on any atom is 0.336 e. The van der Waals surface area contributed by atoms with Crippen LogP contribution in [0, 0.1) is 0 Å². The average molecular weight is 412 g/mol. The lowest BCUT2D eigenvalue weighted by molar-refractivity contribution is 0.186. The fraction of sp³-hybridized carbons (Fsp3) is 0.105. The Hall–Kier alpha value is -2.51. The summed E-state index contributed by atoms with van der Waals surface area (Å²) in [5.74, 6) is -0.456. The van der Waals surface area contributed by atoms with Gasteiger partial charge in [-0.05, 0) is 29.8 Å². The van der Waals surface area contributed by atoms with Crippen molar-refractivity contribution in [2.24, 2.45) is 5.73 Å². The SMILES string of the molecule is C=C(Cl)Cl.NC[C@H](O)c1ccc(O)c(O)c1.O=c1ccc2ccccc2o1. The van der Waals surface area contributed by atoms with Crippen molar-refractivity contribution in [2.75, 3.05) is 6.54 Å². The molecule has 1 heterocycles. The van der Waals surface area contributed by atoms with Crippen LogP contribution in [0.25, 0.3) is 11.0 Å². The van der Waals surface area contributed by atoms with Crippen molar-refractivity contribution in [2.45, 2.75) is 6.10 Å². The highest BCUT2D eigenvalue weighted by Crippen LogP contribution is 2.27. The summed E-state index contributed by atoms with van der Waals surface area (Å²) in [6.45, 7) is 3.17. The summed E-state index contributed by atoms with van der Waals surface area (Å²) in [7, 11) is 0. The van der Waals surface area contributed by atoms with Gasteiger partial charge < -0.3 is 25.5 Å². The molecule has 0 aliphatic heterocycles. The van der Waals surface area contributed by atoms with Crippen molar-refractivity contribution in [3.63, 3.8) is 0 Å². The van der Waals surface area contributed by atoms with Gasteiger partial charge in [-0.25, -0.2) is 4.79 Å². The first kappa shape index (κ1) is 22.5. The molecule has 0 aliphatic rings. The molecule has 0 bridgehead atoms. The summed E-state index contributed by atoms with van der Waals surface area (Å²) in [4.78, 5) is 10.7. The monoisotopic (exact) mass is 411 g/mol. The first-order valence-electron chi connectivity index (χ1n) is 7.63. The summed E-state index contributed by atoms with van der Waals surface area (Å²) >= 11 is 9.69. The van der Waals surface area contributed by atoms with E-state index in [-0.39, 0.29) is 28.2 Å². The number of phenolic OH excluding ortho intramolecular Hbond substituents is 2. The van der Waals surface area contributed by atoms with Gasteiger partial charge in [0.05, 0.1) is 10.6 Å². The molecular formula is C19H19Cl2NO5. The number of rotatable bonds is 2. The first-order valence-corrected chi connectivity index (χ1v) is 8.39. The second-order valence-electron chi connectivity index (χ2n) is 5.13. The predicted octanol–water partition coefficient (Wildman–Crippen LogP) is 3.82. The quantitative estimate of drug-likeness (QED) is 0.376. The fourth-order valence-corrected chi connectivity index (χ4v) is 1.90. The lowest BCUT2D eigenvalue weighted by atomic mass is 10.1. The highest BCUT2D eigenvalue weighted by Gasteiger charge is 2.07. The summed E-state index contributed by atoms with van der Waals surface area (Å²) in [5, 5.41) is 28.2. The normalized spacial score (nSPS) is 10.8. The van der Waals surface area contributed by atoms with Crippen LogP contribution in [0.15, 0.2) is 74.9 Å². The Morgan fingerprint density at radius 2 is 1.70 bits per heavy atom. The Bertz CT molecular complexity index is 939. The molecule has 6 nitrogen and oxygen atoms in total. The van der Waals surface area contributed by atoms with Crippen molar-refractivity contribution in [3.8, 4) is 11.5 Å². The molecule has 144 valence electrons. The molecule has 0 saturated heterocycles. The second-order valence-corrected chi connectivity index (χ2v) is 6.24. The van der Waals surface area contributed by atoms with Crippen LogP contribution in [0.2, 0.25) is 0 Å². The molecule has 1 aromatic heterocycles. The molecule has 0 amide bonds. The zero-order chi connectivity index (χ0) is 20.4. The van der Waals surface area contributed by atoms with Crippen molar-refractivity contribution < 1.29 is 19.7 Å². The van der Waals surface area contributed by atoms with Crippen molar-refractivity contribution in [3.05, 3.63) is 81.7 Å². The lowest BCUT2D eigenvalue weighted by Gasteiger charge is -2.08.